The monoisotopic (exact) mass is 388 g/mol. The lowest BCUT2D eigenvalue weighted by atomic mass is 10.1. The van der Waals surface area contributed by atoms with Crippen molar-refractivity contribution in [1.29, 1.82) is 0 Å². The molecule has 0 atom stereocenters. The third-order valence-electron chi connectivity index (χ3n) is 4.92. The SMILES string of the molecule is Cc1cc(OCC(=O)Nc2ccccc2N2CC[NH+](C)CC2)cc(C)c1Cl. The molecule has 6 heteroatoms. The Morgan fingerprint density at radius 3 is 2.48 bits per heavy atom. The van der Waals surface area contributed by atoms with Crippen molar-refractivity contribution in [2.45, 2.75) is 13.8 Å². The molecule has 0 spiro atoms. The summed E-state index contributed by atoms with van der Waals surface area (Å²) in [6, 6.07) is 11.6. The van der Waals surface area contributed by atoms with Gasteiger partial charge in [0.2, 0.25) is 0 Å². The quantitative estimate of drug-likeness (QED) is 0.826. The lowest BCUT2D eigenvalue weighted by molar-refractivity contribution is -0.880. The van der Waals surface area contributed by atoms with Crippen molar-refractivity contribution in [2.24, 2.45) is 0 Å². The molecule has 0 unspecified atom stereocenters. The lowest BCUT2D eigenvalue weighted by Crippen LogP contribution is -3.12. The predicted octanol–water partition coefficient (Wildman–Crippen LogP) is 2.31. The van der Waals surface area contributed by atoms with Gasteiger partial charge in [-0.15, -0.1) is 0 Å². The van der Waals surface area contributed by atoms with E-state index >= 15 is 0 Å². The van der Waals surface area contributed by atoms with Crippen LogP contribution in [0.3, 0.4) is 0 Å². The zero-order valence-corrected chi connectivity index (χ0v) is 16.9. The highest BCUT2D eigenvalue weighted by molar-refractivity contribution is 6.32. The molecular formula is C21H27ClN3O2+. The van der Waals surface area contributed by atoms with Crippen LogP contribution in [0.5, 0.6) is 5.75 Å². The van der Waals surface area contributed by atoms with E-state index in [0.717, 1.165) is 53.7 Å². The third kappa shape index (κ3) is 4.93. The summed E-state index contributed by atoms with van der Waals surface area (Å²) in [6.07, 6.45) is 0. The molecule has 1 aliphatic rings. The number of hydrogen-bond acceptors (Lipinski definition) is 3. The van der Waals surface area contributed by atoms with Crippen LogP contribution >= 0.6 is 11.6 Å². The largest absolute Gasteiger partial charge is 0.484 e. The number of benzene rings is 2. The smallest absolute Gasteiger partial charge is 0.262 e. The molecule has 1 heterocycles. The van der Waals surface area contributed by atoms with Gasteiger partial charge < -0.3 is 19.9 Å². The van der Waals surface area contributed by atoms with E-state index < -0.39 is 0 Å². The maximum Gasteiger partial charge on any atom is 0.262 e. The first-order valence-electron chi connectivity index (χ1n) is 9.28. The molecule has 0 saturated carbocycles. The van der Waals surface area contributed by atoms with Crippen LogP contribution < -0.4 is 19.9 Å². The third-order valence-corrected chi connectivity index (χ3v) is 5.51. The molecule has 1 amide bonds. The van der Waals surface area contributed by atoms with Crippen LogP contribution in [-0.4, -0.2) is 45.7 Å². The van der Waals surface area contributed by atoms with Crippen molar-refractivity contribution in [1.82, 2.24) is 0 Å². The van der Waals surface area contributed by atoms with E-state index in [9.17, 15) is 4.79 Å². The van der Waals surface area contributed by atoms with Gasteiger partial charge in [-0.25, -0.2) is 0 Å². The van der Waals surface area contributed by atoms with Gasteiger partial charge >= 0.3 is 0 Å². The van der Waals surface area contributed by atoms with Gasteiger partial charge in [-0.2, -0.15) is 0 Å². The van der Waals surface area contributed by atoms with Crippen LogP contribution in [0.25, 0.3) is 0 Å². The Hall–Kier alpha value is -2.24. The summed E-state index contributed by atoms with van der Waals surface area (Å²) in [4.78, 5) is 16.3. The number of nitrogens with zero attached hydrogens (tertiary/aromatic N) is 1. The number of quaternary nitrogens is 1. The first kappa shape index (κ1) is 19.5. The fraction of sp³-hybridized carbons (Fsp3) is 0.381. The predicted molar refractivity (Wildman–Crippen MR) is 110 cm³/mol. The highest BCUT2D eigenvalue weighted by Gasteiger charge is 2.19. The molecule has 0 aromatic heterocycles. The molecule has 144 valence electrons. The molecule has 3 rings (SSSR count). The van der Waals surface area contributed by atoms with Crippen molar-refractivity contribution in [3.63, 3.8) is 0 Å². The molecule has 1 aliphatic heterocycles. The summed E-state index contributed by atoms with van der Waals surface area (Å²) in [6.45, 7) is 7.98. The Kier molecular flexibility index (Phi) is 6.24. The van der Waals surface area contributed by atoms with Crippen molar-refractivity contribution < 1.29 is 14.4 Å². The second-order valence-corrected chi connectivity index (χ2v) is 7.55. The molecular weight excluding hydrogens is 362 g/mol. The number of halogens is 1. The number of ether oxygens (including phenoxy) is 1. The fourth-order valence-corrected chi connectivity index (χ4v) is 3.42. The number of rotatable bonds is 5. The van der Waals surface area contributed by atoms with Crippen molar-refractivity contribution in [2.75, 3.05) is 50.1 Å². The Morgan fingerprint density at radius 2 is 1.81 bits per heavy atom. The molecule has 5 nitrogen and oxygen atoms in total. The van der Waals surface area contributed by atoms with Crippen LogP contribution in [0.1, 0.15) is 11.1 Å². The first-order chi connectivity index (χ1) is 12.9. The van der Waals surface area contributed by atoms with Crippen LogP contribution in [-0.2, 0) is 4.79 Å². The lowest BCUT2D eigenvalue weighted by Gasteiger charge is -2.33. The van der Waals surface area contributed by atoms with E-state index in [1.807, 2.05) is 44.2 Å². The van der Waals surface area contributed by atoms with E-state index in [1.54, 1.807) is 0 Å². The second kappa shape index (κ2) is 8.63. The number of para-hydroxylation sites is 2. The summed E-state index contributed by atoms with van der Waals surface area (Å²) in [7, 11) is 2.21. The number of likely N-dealkylation sites (N-methyl/N-ethyl adjacent to an activating group) is 1. The normalized spacial score (nSPS) is 14.9. The maximum absolute atomic E-state index is 12.4. The van der Waals surface area contributed by atoms with Crippen LogP contribution in [0.2, 0.25) is 5.02 Å². The van der Waals surface area contributed by atoms with E-state index in [1.165, 1.54) is 4.90 Å². The molecule has 0 bridgehead atoms. The summed E-state index contributed by atoms with van der Waals surface area (Å²) in [5.41, 5.74) is 3.77. The van der Waals surface area contributed by atoms with Gasteiger partial charge in [-0.3, -0.25) is 4.79 Å². The Bertz CT molecular complexity index is 794. The van der Waals surface area contributed by atoms with Crippen LogP contribution in [0.15, 0.2) is 36.4 Å². The van der Waals surface area contributed by atoms with Gasteiger partial charge in [0.15, 0.2) is 6.61 Å². The molecule has 0 radical (unpaired) electrons. The molecule has 1 saturated heterocycles. The minimum atomic E-state index is -0.174. The van der Waals surface area contributed by atoms with Gasteiger partial charge in [-0.05, 0) is 49.2 Å². The van der Waals surface area contributed by atoms with E-state index in [2.05, 4.69) is 23.3 Å². The minimum absolute atomic E-state index is 0.0399. The van der Waals surface area contributed by atoms with Crippen LogP contribution in [0.4, 0.5) is 11.4 Å². The average Bonchev–Trinajstić information content (AvgIpc) is 2.65. The summed E-state index contributed by atoms with van der Waals surface area (Å²) < 4.78 is 5.67. The second-order valence-electron chi connectivity index (χ2n) is 7.17. The number of nitrogens with one attached hydrogen (secondary N) is 2. The maximum atomic E-state index is 12.4. The molecule has 2 aromatic rings. The van der Waals surface area contributed by atoms with Gasteiger partial charge in [-0.1, -0.05) is 23.7 Å². The van der Waals surface area contributed by atoms with Crippen LogP contribution in [0, 0.1) is 13.8 Å². The van der Waals surface area contributed by atoms with Crippen molar-refractivity contribution in [3.05, 3.63) is 52.5 Å². The zero-order chi connectivity index (χ0) is 19.4. The van der Waals surface area contributed by atoms with E-state index in [4.69, 9.17) is 16.3 Å². The van der Waals surface area contributed by atoms with Crippen molar-refractivity contribution in [3.8, 4) is 5.75 Å². The van der Waals surface area contributed by atoms with Gasteiger partial charge in [0.1, 0.15) is 5.75 Å². The Morgan fingerprint density at radius 1 is 1.19 bits per heavy atom. The number of aryl methyl sites for hydroxylation is 2. The molecule has 0 aliphatic carbocycles. The van der Waals surface area contributed by atoms with Gasteiger partial charge in [0.25, 0.3) is 5.91 Å². The fourth-order valence-electron chi connectivity index (χ4n) is 3.31. The number of amides is 1. The topological polar surface area (TPSA) is 46.0 Å². The molecule has 27 heavy (non-hydrogen) atoms. The average molecular weight is 389 g/mol. The number of carbonyl (C=O) groups is 1. The number of piperazine rings is 1. The summed E-state index contributed by atoms with van der Waals surface area (Å²) in [5.74, 6) is 0.479. The van der Waals surface area contributed by atoms with E-state index in [-0.39, 0.29) is 12.5 Å². The highest BCUT2D eigenvalue weighted by atomic mass is 35.5. The zero-order valence-electron chi connectivity index (χ0n) is 16.1. The molecule has 2 aromatic carbocycles. The standard InChI is InChI=1S/C21H26ClN3O2/c1-15-12-17(13-16(2)21(15)22)27-14-20(26)23-18-6-4-5-7-19(18)25-10-8-24(3)9-11-25/h4-7,12-13H,8-11,14H2,1-3H3,(H,23,26)/p+1. The summed E-state index contributed by atoms with van der Waals surface area (Å²) in [5, 5.41) is 3.72. The van der Waals surface area contributed by atoms with E-state index in [0.29, 0.717) is 5.75 Å². The number of hydrogen-bond donors (Lipinski definition) is 2. The number of carbonyl (C=O) groups excluding carboxylic acids is 1. The highest BCUT2D eigenvalue weighted by Crippen LogP contribution is 2.27. The molecule has 1 fully saturated rings. The summed E-state index contributed by atoms with van der Waals surface area (Å²) >= 11 is 6.18. The Labute approximate surface area is 165 Å². The van der Waals surface area contributed by atoms with Gasteiger partial charge in [0, 0.05) is 5.02 Å². The molecule has 2 N–H and O–H groups in total. The number of anilines is 2. The Balaban J connectivity index is 1.63. The van der Waals surface area contributed by atoms with Crippen molar-refractivity contribution >= 4 is 28.9 Å². The first-order valence-corrected chi connectivity index (χ1v) is 9.66. The minimum Gasteiger partial charge on any atom is -0.484 e. The van der Waals surface area contributed by atoms with Gasteiger partial charge in [0.05, 0.1) is 44.6 Å².